The fourth-order valence-corrected chi connectivity index (χ4v) is 5.50. The fourth-order valence-electron chi connectivity index (χ4n) is 5.50. The number of alkyl carbamates (subject to hydrolysis) is 1. The number of carboxylic acid groups (broad SMARTS) is 1. The predicted molar refractivity (Wildman–Crippen MR) is 123 cm³/mol. The molecule has 8 heteroatoms. The zero-order valence-electron chi connectivity index (χ0n) is 18.8. The Kier molecular flexibility index (Phi) is 6.24. The molecular formula is C26H28N2O6. The van der Waals surface area contributed by atoms with Crippen LogP contribution in [0.4, 0.5) is 4.79 Å². The molecule has 3 atom stereocenters. The van der Waals surface area contributed by atoms with Crippen LogP contribution in [-0.4, -0.2) is 66.4 Å². The summed E-state index contributed by atoms with van der Waals surface area (Å²) in [6.07, 6.45) is 1.50. The highest BCUT2D eigenvalue weighted by Gasteiger charge is 2.41. The fraction of sp³-hybridized carbons (Fsp3) is 0.423. The summed E-state index contributed by atoms with van der Waals surface area (Å²) in [5.74, 6) is -1.81. The summed E-state index contributed by atoms with van der Waals surface area (Å²) < 4.78 is 10.9. The average Bonchev–Trinajstić information content (AvgIpc) is 3.44. The topological polar surface area (TPSA) is 105 Å². The van der Waals surface area contributed by atoms with Crippen LogP contribution in [-0.2, 0) is 19.1 Å². The van der Waals surface area contributed by atoms with Crippen molar-refractivity contribution in [1.82, 2.24) is 10.2 Å². The van der Waals surface area contributed by atoms with Crippen molar-refractivity contribution in [2.75, 3.05) is 26.4 Å². The standard InChI is InChI=1S/C26H28N2O6/c29-24(28-12-13-33-15-23(28)25(30)31)20-10-5-11-22(20)27-26(32)34-14-21-18-8-3-1-6-16(18)17-7-2-4-9-19(17)21/h1-4,6-9,20-23H,5,10-15H2,(H,27,32)(H,30,31)/t20-,22+,23?/m0/s1. The Morgan fingerprint density at radius 3 is 2.38 bits per heavy atom. The number of hydrogen-bond donors (Lipinski definition) is 2. The van der Waals surface area contributed by atoms with Gasteiger partial charge in [0.15, 0.2) is 6.04 Å². The van der Waals surface area contributed by atoms with Crippen LogP contribution in [0, 0.1) is 5.92 Å². The lowest BCUT2D eigenvalue weighted by molar-refractivity contribution is -0.160. The molecule has 0 aromatic heterocycles. The van der Waals surface area contributed by atoms with E-state index in [1.807, 2.05) is 24.3 Å². The SMILES string of the molecule is O=C(N[C@@H]1CCC[C@@H]1C(=O)N1CCOCC1C(=O)O)OCC1c2ccccc2-c2ccccc21. The molecule has 2 amide bonds. The molecule has 2 fully saturated rings. The van der Waals surface area contributed by atoms with Crippen molar-refractivity contribution >= 4 is 18.0 Å². The van der Waals surface area contributed by atoms with Gasteiger partial charge in [0.05, 0.1) is 19.1 Å². The third-order valence-corrected chi connectivity index (χ3v) is 7.18. The number of morpholine rings is 1. The highest BCUT2D eigenvalue weighted by molar-refractivity contribution is 5.86. The second kappa shape index (κ2) is 9.46. The van der Waals surface area contributed by atoms with E-state index in [1.54, 1.807) is 0 Å². The van der Waals surface area contributed by atoms with E-state index in [0.29, 0.717) is 19.4 Å². The van der Waals surface area contributed by atoms with Crippen molar-refractivity contribution in [1.29, 1.82) is 0 Å². The number of carboxylic acids is 1. The minimum absolute atomic E-state index is 0.0156. The number of ether oxygens (including phenoxy) is 2. The van der Waals surface area contributed by atoms with Crippen LogP contribution >= 0.6 is 0 Å². The van der Waals surface area contributed by atoms with Gasteiger partial charge in [0.2, 0.25) is 5.91 Å². The van der Waals surface area contributed by atoms with Crippen LogP contribution in [0.3, 0.4) is 0 Å². The number of amides is 2. The quantitative estimate of drug-likeness (QED) is 0.705. The van der Waals surface area contributed by atoms with Gasteiger partial charge in [-0.1, -0.05) is 55.0 Å². The third-order valence-electron chi connectivity index (χ3n) is 7.18. The van der Waals surface area contributed by atoms with E-state index < -0.39 is 24.0 Å². The zero-order chi connectivity index (χ0) is 23.7. The van der Waals surface area contributed by atoms with Gasteiger partial charge in [-0.2, -0.15) is 0 Å². The molecule has 1 unspecified atom stereocenters. The van der Waals surface area contributed by atoms with Crippen LogP contribution in [0.25, 0.3) is 11.1 Å². The van der Waals surface area contributed by atoms with Gasteiger partial charge in [-0.25, -0.2) is 9.59 Å². The van der Waals surface area contributed by atoms with Gasteiger partial charge >= 0.3 is 12.1 Å². The number of carbonyl (C=O) groups excluding carboxylic acids is 2. The maximum absolute atomic E-state index is 13.2. The summed E-state index contributed by atoms with van der Waals surface area (Å²) in [6, 6.07) is 14.9. The van der Waals surface area contributed by atoms with E-state index >= 15 is 0 Å². The lowest BCUT2D eigenvalue weighted by atomic mass is 9.98. The van der Waals surface area contributed by atoms with Crippen molar-refractivity contribution in [3.8, 4) is 11.1 Å². The predicted octanol–water partition coefficient (Wildman–Crippen LogP) is 3.01. The third kappa shape index (κ3) is 4.14. The van der Waals surface area contributed by atoms with E-state index in [2.05, 4.69) is 29.6 Å². The van der Waals surface area contributed by atoms with Gasteiger partial charge in [0.1, 0.15) is 6.61 Å². The van der Waals surface area contributed by atoms with Gasteiger partial charge in [0, 0.05) is 18.5 Å². The van der Waals surface area contributed by atoms with Crippen LogP contribution in [0.2, 0.25) is 0 Å². The number of carbonyl (C=O) groups is 3. The largest absolute Gasteiger partial charge is 0.480 e. The summed E-state index contributed by atoms with van der Waals surface area (Å²) in [6.45, 7) is 0.741. The Morgan fingerprint density at radius 2 is 1.71 bits per heavy atom. The summed E-state index contributed by atoms with van der Waals surface area (Å²) in [4.78, 5) is 38.8. The molecule has 34 heavy (non-hydrogen) atoms. The van der Waals surface area contributed by atoms with E-state index in [4.69, 9.17) is 9.47 Å². The molecule has 1 saturated heterocycles. The van der Waals surface area contributed by atoms with E-state index in [0.717, 1.165) is 28.7 Å². The lowest BCUT2D eigenvalue weighted by Gasteiger charge is -2.35. The van der Waals surface area contributed by atoms with Gasteiger partial charge in [-0.05, 0) is 35.1 Å². The molecule has 2 aromatic rings. The van der Waals surface area contributed by atoms with Crippen LogP contribution < -0.4 is 5.32 Å². The summed E-state index contributed by atoms with van der Waals surface area (Å²) in [7, 11) is 0. The van der Waals surface area contributed by atoms with Crippen molar-refractivity contribution < 1.29 is 29.0 Å². The molecule has 178 valence electrons. The Hall–Kier alpha value is -3.39. The first-order valence-electron chi connectivity index (χ1n) is 11.8. The average molecular weight is 465 g/mol. The summed E-state index contributed by atoms with van der Waals surface area (Å²) in [5, 5.41) is 12.3. The second-order valence-corrected chi connectivity index (χ2v) is 9.07. The summed E-state index contributed by atoms with van der Waals surface area (Å²) >= 11 is 0. The highest BCUT2D eigenvalue weighted by Crippen LogP contribution is 2.44. The Balaban J connectivity index is 1.23. The number of nitrogens with one attached hydrogen (secondary N) is 1. The number of benzene rings is 2. The Bertz CT molecular complexity index is 1060. The molecule has 1 aliphatic heterocycles. The molecule has 0 spiro atoms. The number of hydrogen-bond acceptors (Lipinski definition) is 5. The minimum Gasteiger partial charge on any atom is -0.480 e. The van der Waals surface area contributed by atoms with Gasteiger partial charge in [0.25, 0.3) is 0 Å². The van der Waals surface area contributed by atoms with Crippen molar-refractivity contribution in [2.24, 2.45) is 5.92 Å². The second-order valence-electron chi connectivity index (χ2n) is 9.07. The molecule has 0 radical (unpaired) electrons. The first kappa shape index (κ1) is 22.4. The van der Waals surface area contributed by atoms with Crippen LogP contribution in [0.1, 0.15) is 36.3 Å². The van der Waals surface area contributed by atoms with Crippen molar-refractivity contribution in [3.63, 3.8) is 0 Å². The van der Waals surface area contributed by atoms with Gasteiger partial charge < -0.3 is 24.8 Å². The minimum atomic E-state index is -1.08. The van der Waals surface area contributed by atoms with E-state index in [1.165, 1.54) is 4.90 Å². The molecular weight excluding hydrogens is 436 g/mol. The molecule has 0 bridgehead atoms. The van der Waals surface area contributed by atoms with Gasteiger partial charge in [-0.3, -0.25) is 4.79 Å². The first-order chi connectivity index (χ1) is 16.5. The Labute approximate surface area is 197 Å². The molecule has 1 saturated carbocycles. The van der Waals surface area contributed by atoms with Crippen LogP contribution in [0.15, 0.2) is 48.5 Å². The number of rotatable bonds is 5. The first-order valence-corrected chi connectivity index (χ1v) is 11.8. The molecule has 8 nitrogen and oxygen atoms in total. The van der Waals surface area contributed by atoms with Crippen molar-refractivity contribution in [2.45, 2.75) is 37.3 Å². The molecule has 1 heterocycles. The zero-order valence-corrected chi connectivity index (χ0v) is 18.8. The lowest BCUT2D eigenvalue weighted by Crippen LogP contribution is -2.56. The monoisotopic (exact) mass is 464 g/mol. The number of fused-ring (bicyclic) bond motifs is 3. The normalized spacial score (nSPS) is 23.8. The molecule has 5 rings (SSSR count). The van der Waals surface area contributed by atoms with Crippen LogP contribution in [0.5, 0.6) is 0 Å². The van der Waals surface area contributed by atoms with Crippen molar-refractivity contribution in [3.05, 3.63) is 59.7 Å². The van der Waals surface area contributed by atoms with E-state index in [-0.39, 0.29) is 37.6 Å². The van der Waals surface area contributed by atoms with E-state index in [9.17, 15) is 19.5 Å². The molecule has 3 aliphatic rings. The molecule has 2 N–H and O–H groups in total. The number of aliphatic carboxylic acids is 1. The van der Waals surface area contributed by atoms with Gasteiger partial charge in [-0.15, -0.1) is 0 Å². The highest BCUT2D eigenvalue weighted by atomic mass is 16.5. The summed E-state index contributed by atoms with van der Waals surface area (Å²) in [5.41, 5.74) is 4.59. The maximum Gasteiger partial charge on any atom is 0.407 e. The maximum atomic E-state index is 13.2. The Morgan fingerprint density at radius 1 is 1.03 bits per heavy atom. The smallest absolute Gasteiger partial charge is 0.407 e. The molecule has 2 aromatic carbocycles. The number of nitrogens with zero attached hydrogens (tertiary/aromatic N) is 1. The molecule has 2 aliphatic carbocycles.